The number of rotatable bonds is 2. The second-order valence-corrected chi connectivity index (χ2v) is 5.78. The molecule has 0 amide bonds. The van der Waals surface area contributed by atoms with Gasteiger partial charge in [0, 0.05) is 24.8 Å². The Bertz CT molecular complexity index is 526. The highest BCUT2D eigenvalue weighted by atomic mass is 16.1. The molecule has 0 radical (unpaired) electrons. The van der Waals surface area contributed by atoms with Gasteiger partial charge in [-0.05, 0) is 31.2 Å². The molecule has 1 aliphatic carbocycles. The normalized spacial score (nSPS) is 20.8. The molecule has 0 saturated heterocycles. The molecule has 0 unspecified atom stereocenters. The Hall–Kier alpha value is -1.60. The van der Waals surface area contributed by atoms with Crippen molar-refractivity contribution >= 4 is 11.8 Å². The topological polar surface area (TPSA) is 32.7 Å². The van der Waals surface area contributed by atoms with E-state index in [0.29, 0.717) is 0 Å². The second kappa shape index (κ2) is 4.82. The summed E-state index contributed by atoms with van der Waals surface area (Å²) in [5.74, 6) is 0. The molecular formula is C16H20N2O. The summed E-state index contributed by atoms with van der Waals surface area (Å²) in [5, 5.41) is 0. The van der Waals surface area contributed by atoms with Gasteiger partial charge in [-0.15, -0.1) is 0 Å². The maximum Gasteiger partial charge on any atom is 0.235 e. The molecule has 1 saturated carbocycles. The number of carbonyl (C=O) groups excluding carboxylic acids is 1. The highest BCUT2D eigenvalue weighted by Gasteiger charge is 2.39. The zero-order valence-corrected chi connectivity index (χ0v) is 11.5. The molecule has 1 aromatic carbocycles. The lowest BCUT2D eigenvalue weighted by atomic mass is 9.84. The third kappa shape index (κ3) is 1.98. The third-order valence-corrected chi connectivity index (χ3v) is 4.63. The van der Waals surface area contributed by atoms with E-state index in [0.717, 1.165) is 38.6 Å². The summed E-state index contributed by atoms with van der Waals surface area (Å²) in [6.07, 6.45) is 8.43. The fraction of sp³-hybridized carbons (Fsp3) is 0.562. The number of aliphatic imine (C=N–C) groups is 1. The molecule has 1 aromatic rings. The fourth-order valence-electron chi connectivity index (χ4n) is 3.73. The van der Waals surface area contributed by atoms with Crippen molar-refractivity contribution in [1.29, 1.82) is 0 Å². The van der Waals surface area contributed by atoms with E-state index in [1.165, 1.54) is 23.2 Å². The molecule has 0 N–H and O–H groups in total. The number of fused-ring (bicyclic) bond motifs is 1. The number of benzene rings is 1. The quantitative estimate of drug-likeness (QED) is 0.601. The van der Waals surface area contributed by atoms with Crippen molar-refractivity contribution < 1.29 is 4.79 Å². The molecule has 3 rings (SSSR count). The minimum Gasteiger partial charge on any atom is -0.374 e. The van der Waals surface area contributed by atoms with Gasteiger partial charge in [0.2, 0.25) is 6.08 Å². The van der Waals surface area contributed by atoms with Crippen molar-refractivity contribution in [3.63, 3.8) is 0 Å². The SMILES string of the molecule is CN1CCCc2cccc(C3(N=C=O)CCCC3)c21. The summed E-state index contributed by atoms with van der Waals surface area (Å²) in [6, 6.07) is 6.49. The van der Waals surface area contributed by atoms with Crippen LogP contribution in [-0.4, -0.2) is 19.7 Å². The van der Waals surface area contributed by atoms with Crippen molar-refractivity contribution in [2.24, 2.45) is 4.99 Å². The van der Waals surface area contributed by atoms with Crippen LogP contribution in [0.2, 0.25) is 0 Å². The molecular weight excluding hydrogens is 236 g/mol. The lowest BCUT2D eigenvalue weighted by molar-refractivity contribution is 0.454. The van der Waals surface area contributed by atoms with E-state index in [1.54, 1.807) is 0 Å². The minimum atomic E-state index is -0.307. The first-order valence-corrected chi connectivity index (χ1v) is 7.19. The van der Waals surface area contributed by atoms with Gasteiger partial charge in [0.1, 0.15) is 5.54 Å². The van der Waals surface area contributed by atoms with Crippen LogP contribution in [0, 0.1) is 0 Å². The Morgan fingerprint density at radius 1 is 1.26 bits per heavy atom. The van der Waals surface area contributed by atoms with Crippen LogP contribution in [0.4, 0.5) is 5.69 Å². The molecule has 1 aliphatic heterocycles. The predicted octanol–water partition coefficient (Wildman–Crippen LogP) is 3.17. The first-order valence-electron chi connectivity index (χ1n) is 7.19. The Morgan fingerprint density at radius 2 is 2.05 bits per heavy atom. The van der Waals surface area contributed by atoms with Gasteiger partial charge in [0.25, 0.3) is 0 Å². The van der Waals surface area contributed by atoms with Gasteiger partial charge in [0.05, 0.1) is 0 Å². The Balaban J connectivity index is 2.16. The zero-order chi connectivity index (χ0) is 13.3. The molecule has 100 valence electrons. The predicted molar refractivity (Wildman–Crippen MR) is 76.3 cm³/mol. The van der Waals surface area contributed by atoms with E-state index in [1.807, 2.05) is 6.08 Å². The molecule has 0 atom stereocenters. The standard InChI is InChI=1S/C16H20N2O/c1-18-11-5-7-13-6-4-8-14(15(13)18)16(17-12-19)9-2-3-10-16/h4,6,8H,2-3,5,7,9-11H2,1H3. The highest BCUT2D eigenvalue weighted by molar-refractivity contribution is 5.64. The average Bonchev–Trinajstić information content (AvgIpc) is 2.89. The van der Waals surface area contributed by atoms with Gasteiger partial charge in [0.15, 0.2) is 0 Å². The summed E-state index contributed by atoms with van der Waals surface area (Å²) < 4.78 is 0. The van der Waals surface area contributed by atoms with E-state index in [2.05, 4.69) is 35.1 Å². The van der Waals surface area contributed by atoms with Crippen LogP contribution in [0.25, 0.3) is 0 Å². The van der Waals surface area contributed by atoms with Gasteiger partial charge < -0.3 is 4.90 Å². The Labute approximate surface area is 114 Å². The molecule has 0 aromatic heterocycles. The van der Waals surface area contributed by atoms with Gasteiger partial charge in [-0.2, -0.15) is 4.99 Å². The maximum absolute atomic E-state index is 10.9. The third-order valence-electron chi connectivity index (χ3n) is 4.63. The number of anilines is 1. The van der Waals surface area contributed by atoms with Crippen LogP contribution in [0.1, 0.15) is 43.2 Å². The number of nitrogens with zero attached hydrogens (tertiary/aromatic N) is 2. The van der Waals surface area contributed by atoms with Crippen LogP contribution in [0.5, 0.6) is 0 Å². The fourth-order valence-corrected chi connectivity index (χ4v) is 3.73. The molecule has 3 heteroatoms. The van der Waals surface area contributed by atoms with Gasteiger partial charge >= 0.3 is 0 Å². The molecule has 0 spiro atoms. The van der Waals surface area contributed by atoms with E-state index in [4.69, 9.17) is 0 Å². The number of isocyanates is 1. The van der Waals surface area contributed by atoms with Crippen LogP contribution in [-0.2, 0) is 16.8 Å². The van der Waals surface area contributed by atoms with Gasteiger partial charge in [-0.1, -0.05) is 31.0 Å². The number of aryl methyl sites for hydroxylation is 1. The van der Waals surface area contributed by atoms with Crippen LogP contribution >= 0.6 is 0 Å². The molecule has 2 aliphatic rings. The lowest BCUT2D eigenvalue weighted by Crippen LogP contribution is -2.30. The van der Waals surface area contributed by atoms with E-state index >= 15 is 0 Å². The summed E-state index contributed by atoms with van der Waals surface area (Å²) in [4.78, 5) is 17.4. The molecule has 1 fully saturated rings. The number of para-hydroxylation sites is 1. The first-order chi connectivity index (χ1) is 9.27. The van der Waals surface area contributed by atoms with Crippen molar-refractivity contribution in [1.82, 2.24) is 0 Å². The largest absolute Gasteiger partial charge is 0.374 e. The first kappa shape index (κ1) is 12.4. The highest BCUT2D eigenvalue weighted by Crippen LogP contribution is 2.47. The molecule has 1 heterocycles. The van der Waals surface area contributed by atoms with Gasteiger partial charge in [-0.3, -0.25) is 0 Å². The van der Waals surface area contributed by atoms with Crippen LogP contribution < -0.4 is 4.90 Å². The monoisotopic (exact) mass is 256 g/mol. The smallest absolute Gasteiger partial charge is 0.235 e. The lowest BCUT2D eigenvalue weighted by Gasteiger charge is -2.34. The van der Waals surface area contributed by atoms with Gasteiger partial charge in [-0.25, -0.2) is 4.79 Å². The van der Waals surface area contributed by atoms with Crippen molar-refractivity contribution in [3.8, 4) is 0 Å². The second-order valence-electron chi connectivity index (χ2n) is 5.78. The molecule has 19 heavy (non-hydrogen) atoms. The molecule has 0 bridgehead atoms. The summed E-state index contributed by atoms with van der Waals surface area (Å²) in [7, 11) is 2.15. The van der Waals surface area contributed by atoms with Crippen molar-refractivity contribution in [3.05, 3.63) is 29.3 Å². The van der Waals surface area contributed by atoms with Crippen LogP contribution in [0.3, 0.4) is 0 Å². The summed E-state index contributed by atoms with van der Waals surface area (Å²) in [5.41, 5.74) is 3.65. The number of hydrogen-bond donors (Lipinski definition) is 0. The van der Waals surface area contributed by atoms with E-state index in [-0.39, 0.29) is 5.54 Å². The summed E-state index contributed by atoms with van der Waals surface area (Å²) >= 11 is 0. The zero-order valence-electron chi connectivity index (χ0n) is 11.5. The Morgan fingerprint density at radius 3 is 2.79 bits per heavy atom. The van der Waals surface area contributed by atoms with E-state index < -0.39 is 0 Å². The summed E-state index contributed by atoms with van der Waals surface area (Å²) in [6.45, 7) is 1.09. The molecule has 3 nitrogen and oxygen atoms in total. The van der Waals surface area contributed by atoms with Crippen molar-refractivity contribution in [2.75, 3.05) is 18.5 Å². The van der Waals surface area contributed by atoms with Crippen LogP contribution in [0.15, 0.2) is 23.2 Å². The van der Waals surface area contributed by atoms with E-state index in [9.17, 15) is 4.79 Å². The number of hydrogen-bond acceptors (Lipinski definition) is 3. The van der Waals surface area contributed by atoms with Crippen molar-refractivity contribution in [2.45, 2.75) is 44.1 Å². The Kier molecular flexibility index (Phi) is 3.16. The minimum absolute atomic E-state index is 0.307. The maximum atomic E-state index is 10.9. The average molecular weight is 256 g/mol.